The van der Waals surface area contributed by atoms with E-state index in [2.05, 4.69) is 33.0 Å². The first-order valence-corrected chi connectivity index (χ1v) is 8.66. The van der Waals surface area contributed by atoms with Crippen LogP contribution in [-0.2, 0) is 0 Å². The van der Waals surface area contributed by atoms with Gasteiger partial charge in [0.25, 0.3) is 0 Å². The van der Waals surface area contributed by atoms with Gasteiger partial charge in [-0.1, -0.05) is 25.1 Å². The first kappa shape index (κ1) is 17.5. The average molecular weight is 297 g/mol. The minimum Gasteiger partial charge on any atom is -0.311 e. The minimum absolute atomic E-state index is 0.0711. The molecule has 0 radical (unpaired) electrons. The van der Waals surface area contributed by atoms with Gasteiger partial charge < -0.3 is 5.32 Å². The molecule has 1 aromatic rings. The van der Waals surface area contributed by atoms with E-state index < -0.39 is 0 Å². The molecule has 20 heavy (non-hydrogen) atoms. The zero-order valence-electron chi connectivity index (χ0n) is 13.2. The number of benzene rings is 1. The van der Waals surface area contributed by atoms with Crippen LogP contribution in [-0.4, -0.2) is 23.6 Å². The van der Waals surface area contributed by atoms with Crippen LogP contribution in [0.4, 0.5) is 4.39 Å². The summed E-state index contributed by atoms with van der Waals surface area (Å²) in [5.74, 6) is 2.51. The second kappa shape index (κ2) is 8.68. The Kier molecular flexibility index (Phi) is 7.60. The molecule has 0 aliphatic heterocycles. The van der Waals surface area contributed by atoms with Gasteiger partial charge in [-0.15, -0.1) is 0 Å². The van der Waals surface area contributed by atoms with Crippen molar-refractivity contribution in [3.8, 4) is 0 Å². The minimum atomic E-state index is -0.0728. The van der Waals surface area contributed by atoms with Crippen LogP contribution in [0.15, 0.2) is 24.3 Å². The van der Waals surface area contributed by atoms with E-state index in [0.29, 0.717) is 0 Å². The first-order valence-electron chi connectivity index (χ1n) is 7.51. The fourth-order valence-corrected chi connectivity index (χ4v) is 2.84. The summed E-state index contributed by atoms with van der Waals surface area (Å²) in [6, 6.07) is 7.20. The van der Waals surface area contributed by atoms with E-state index in [9.17, 15) is 4.39 Å². The predicted octanol–water partition coefficient (Wildman–Crippen LogP) is 4.83. The van der Waals surface area contributed by atoms with Crippen LogP contribution in [0.1, 0.15) is 52.0 Å². The second-order valence-electron chi connectivity index (χ2n) is 6.19. The van der Waals surface area contributed by atoms with E-state index in [-0.39, 0.29) is 17.3 Å². The van der Waals surface area contributed by atoms with Gasteiger partial charge in [-0.05, 0) is 62.7 Å². The Bertz CT molecular complexity index is 387. The largest absolute Gasteiger partial charge is 0.311 e. The lowest BCUT2D eigenvalue weighted by molar-refractivity contribution is 0.394. The quantitative estimate of drug-likeness (QED) is 0.690. The summed E-state index contributed by atoms with van der Waals surface area (Å²) in [6.07, 6.45) is 2.18. The van der Waals surface area contributed by atoms with E-state index in [1.165, 1.54) is 0 Å². The molecule has 0 aliphatic carbocycles. The fourth-order valence-electron chi connectivity index (χ4n) is 2.18. The molecule has 1 aromatic carbocycles. The first-order chi connectivity index (χ1) is 9.44. The van der Waals surface area contributed by atoms with E-state index in [1.54, 1.807) is 12.1 Å². The molecule has 0 spiro atoms. The zero-order valence-corrected chi connectivity index (χ0v) is 14.0. The maximum absolute atomic E-state index is 14.0. The van der Waals surface area contributed by atoms with Crippen molar-refractivity contribution in [3.05, 3.63) is 35.6 Å². The van der Waals surface area contributed by atoms with Crippen LogP contribution >= 0.6 is 11.8 Å². The predicted molar refractivity (Wildman–Crippen MR) is 89.1 cm³/mol. The molecule has 1 nitrogen and oxygen atoms in total. The third-order valence-electron chi connectivity index (χ3n) is 3.27. The van der Waals surface area contributed by atoms with Crippen molar-refractivity contribution in [2.24, 2.45) is 0 Å². The van der Waals surface area contributed by atoms with Gasteiger partial charge in [-0.2, -0.15) is 11.8 Å². The lowest BCUT2D eigenvalue weighted by atomic mass is 9.93. The van der Waals surface area contributed by atoms with Gasteiger partial charge in [0.15, 0.2) is 0 Å². The monoisotopic (exact) mass is 297 g/mol. The van der Waals surface area contributed by atoms with Crippen molar-refractivity contribution in [2.75, 3.05) is 18.1 Å². The van der Waals surface area contributed by atoms with Gasteiger partial charge in [0.1, 0.15) is 5.82 Å². The molecule has 0 aromatic heterocycles. The summed E-state index contributed by atoms with van der Waals surface area (Å²) in [7, 11) is 0. The van der Waals surface area contributed by atoms with Crippen LogP contribution in [0.2, 0.25) is 0 Å². The van der Waals surface area contributed by atoms with Crippen molar-refractivity contribution >= 4 is 11.8 Å². The molecular weight excluding hydrogens is 269 g/mol. The molecule has 1 unspecified atom stereocenters. The highest BCUT2D eigenvalue weighted by Crippen LogP contribution is 2.25. The maximum Gasteiger partial charge on any atom is 0.126 e. The van der Waals surface area contributed by atoms with Gasteiger partial charge in [-0.3, -0.25) is 0 Å². The number of nitrogens with one attached hydrogen (secondary N) is 1. The Morgan fingerprint density at radius 1 is 1.25 bits per heavy atom. The maximum atomic E-state index is 14.0. The van der Waals surface area contributed by atoms with Crippen LogP contribution in [0.25, 0.3) is 0 Å². The molecule has 0 bridgehead atoms. The third-order valence-corrected chi connectivity index (χ3v) is 4.25. The summed E-state index contributed by atoms with van der Waals surface area (Å²) in [5, 5.41) is 3.52. The SMILES string of the molecule is CCSCCCC(CNC(C)(C)C)c1ccccc1F. The molecule has 1 rings (SSSR count). The number of rotatable bonds is 8. The number of thioether (sulfide) groups is 1. The Hall–Kier alpha value is -0.540. The summed E-state index contributed by atoms with van der Waals surface area (Å²) < 4.78 is 14.0. The molecule has 0 heterocycles. The molecule has 1 N–H and O–H groups in total. The van der Waals surface area contributed by atoms with Gasteiger partial charge in [-0.25, -0.2) is 4.39 Å². The van der Waals surface area contributed by atoms with Gasteiger partial charge >= 0.3 is 0 Å². The summed E-state index contributed by atoms with van der Waals surface area (Å²) in [4.78, 5) is 0. The lowest BCUT2D eigenvalue weighted by Crippen LogP contribution is -2.38. The Balaban J connectivity index is 2.66. The van der Waals surface area contributed by atoms with Gasteiger partial charge in [0, 0.05) is 12.1 Å². The van der Waals surface area contributed by atoms with Crippen LogP contribution in [0.3, 0.4) is 0 Å². The number of hydrogen-bond donors (Lipinski definition) is 1. The van der Waals surface area contributed by atoms with Crippen molar-refractivity contribution in [2.45, 2.75) is 52.0 Å². The summed E-state index contributed by atoms with van der Waals surface area (Å²) >= 11 is 1.96. The highest BCUT2D eigenvalue weighted by Gasteiger charge is 2.18. The Morgan fingerprint density at radius 2 is 1.95 bits per heavy atom. The molecular formula is C17H28FNS. The van der Waals surface area contributed by atoms with Crippen molar-refractivity contribution in [1.29, 1.82) is 0 Å². The van der Waals surface area contributed by atoms with E-state index >= 15 is 0 Å². The molecule has 0 amide bonds. The standard InChI is InChI=1S/C17H28FNS/c1-5-20-12-8-9-14(13-19-17(2,3)4)15-10-6-7-11-16(15)18/h6-7,10-11,14,19H,5,8-9,12-13H2,1-4H3. The van der Waals surface area contributed by atoms with Gasteiger partial charge in [0.05, 0.1) is 0 Å². The highest BCUT2D eigenvalue weighted by molar-refractivity contribution is 7.99. The molecule has 0 aliphatic rings. The lowest BCUT2D eigenvalue weighted by Gasteiger charge is -2.26. The van der Waals surface area contributed by atoms with Crippen LogP contribution in [0, 0.1) is 5.82 Å². The molecule has 114 valence electrons. The Labute approximate surface area is 127 Å². The fraction of sp³-hybridized carbons (Fsp3) is 0.647. The topological polar surface area (TPSA) is 12.0 Å². The van der Waals surface area contributed by atoms with E-state index in [0.717, 1.165) is 36.5 Å². The average Bonchev–Trinajstić information content (AvgIpc) is 2.38. The van der Waals surface area contributed by atoms with Crippen LogP contribution < -0.4 is 5.32 Å². The molecule has 3 heteroatoms. The molecule has 0 saturated heterocycles. The molecule has 0 fully saturated rings. The van der Waals surface area contributed by atoms with E-state index in [4.69, 9.17) is 0 Å². The highest BCUT2D eigenvalue weighted by atomic mass is 32.2. The van der Waals surface area contributed by atoms with Crippen LogP contribution in [0.5, 0.6) is 0 Å². The van der Waals surface area contributed by atoms with E-state index in [1.807, 2.05) is 23.9 Å². The van der Waals surface area contributed by atoms with Crippen molar-refractivity contribution in [3.63, 3.8) is 0 Å². The molecule has 1 atom stereocenters. The van der Waals surface area contributed by atoms with Crippen molar-refractivity contribution in [1.82, 2.24) is 5.32 Å². The summed E-state index contributed by atoms with van der Waals surface area (Å²) in [6.45, 7) is 9.47. The normalized spacial score (nSPS) is 13.4. The van der Waals surface area contributed by atoms with Gasteiger partial charge in [0.2, 0.25) is 0 Å². The zero-order chi connectivity index (χ0) is 15.0. The Morgan fingerprint density at radius 3 is 2.55 bits per heavy atom. The number of hydrogen-bond acceptors (Lipinski definition) is 2. The van der Waals surface area contributed by atoms with Crippen molar-refractivity contribution < 1.29 is 4.39 Å². The smallest absolute Gasteiger partial charge is 0.126 e. The number of halogens is 1. The second-order valence-corrected chi connectivity index (χ2v) is 7.58. The molecule has 0 saturated carbocycles. The summed E-state index contributed by atoms with van der Waals surface area (Å²) in [5.41, 5.74) is 0.924. The third kappa shape index (κ3) is 6.76.